The van der Waals surface area contributed by atoms with Crippen LogP contribution in [0.5, 0.6) is 0 Å². The number of aromatic nitrogens is 2. The van der Waals surface area contributed by atoms with Gasteiger partial charge in [0.1, 0.15) is 10.7 Å². The van der Waals surface area contributed by atoms with Crippen LogP contribution in [-0.4, -0.2) is 28.8 Å². The molecule has 0 aliphatic heterocycles. The summed E-state index contributed by atoms with van der Waals surface area (Å²) in [6, 6.07) is 15.7. The topological polar surface area (TPSA) is 108 Å². The van der Waals surface area contributed by atoms with Crippen LogP contribution in [0.4, 0.5) is 28.8 Å². The van der Waals surface area contributed by atoms with Gasteiger partial charge in [-0.25, -0.2) is 4.98 Å². The highest BCUT2D eigenvalue weighted by Crippen LogP contribution is 2.27. The third-order valence-electron chi connectivity index (χ3n) is 4.83. The molecule has 2 heterocycles. The summed E-state index contributed by atoms with van der Waals surface area (Å²) in [6.45, 7) is 1.89. The van der Waals surface area contributed by atoms with Crippen molar-refractivity contribution in [2.24, 2.45) is 0 Å². The highest BCUT2D eigenvalue weighted by atomic mass is 35.5. The first-order valence-electron chi connectivity index (χ1n) is 10.3. The molecule has 2 aromatic heterocycles. The Balaban J connectivity index is 1.44. The molecule has 34 heavy (non-hydrogen) atoms. The number of hydrogen-bond acceptors (Lipinski definition) is 7. The average Bonchev–Trinajstić information content (AvgIpc) is 3.30. The second-order valence-electron chi connectivity index (χ2n) is 7.26. The lowest BCUT2D eigenvalue weighted by Crippen LogP contribution is -2.17. The van der Waals surface area contributed by atoms with E-state index in [-0.39, 0.29) is 11.8 Å². The van der Waals surface area contributed by atoms with Crippen molar-refractivity contribution < 1.29 is 9.59 Å². The molecule has 0 fully saturated rings. The second kappa shape index (κ2) is 10.3. The second-order valence-corrected chi connectivity index (χ2v) is 8.61. The van der Waals surface area contributed by atoms with Gasteiger partial charge >= 0.3 is 0 Å². The fourth-order valence-electron chi connectivity index (χ4n) is 3.02. The van der Waals surface area contributed by atoms with E-state index in [0.29, 0.717) is 38.6 Å². The van der Waals surface area contributed by atoms with Gasteiger partial charge in [0.25, 0.3) is 11.8 Å². The molecule has 172 valence electrons. The number of aryl methyl sites for hydroxylation is 1. The number of nitrogens with one attached hydrogen (secondary N) is 4. The highest BCUT2D eigenvalue weighted by molar-refractivity contribution is 7.12. The first-order chi connectivity index (χ1) is 16.4. The van der Waals surface area contributed by atoms with Gasteiger partial charge < -0.3 is 21.3 Å². The standard InChI is InChI=1S/C24H21ClN6O2S/c1-14-13-27-24(31-21(14)30-19-11-12-34-20(19)23(33)26-2)29-18-9-7-17(8-10-18)28-22(32)15-3-5-16(25)6-4-15/h3-13H,1-2H3,(H,26,33)(H,28,32)(H2,27,29,30,31). The van der Waals surface area contributed by atoms with E-state index in [1.807, 2.05) is 30.5 Å². The van der Waals surface area contributed by atoms with Crippen LogP contribution in [0, 0.1) is 6.92 Å². The van der Waals surface area contributed by atoms with E-state index in [9.17, 15) is 9.59 Å². The first kappa shape index (κ1) is 23.2. The molecule has 4 N–H and O–H groups in total. The normalized spacial score (nSPS) is 10.4. The largest absolute Gasteiger partial charge is 0.354 e. The van der Waals surface area contributed by atoms with Gasteiger partial charge in [-0.15, -0.1) is 11.3 Å². The summed E-state index contributed by atoms with van der Waals surface area (Å²) in [4.78, 5) is 33.9. The van der Waals surface area contributed by atoms with Crippen molar-refractivity contribution in [2.75, 3.05) is 23.0 Å². The fraction of sp³-hybridized carbons (Fsp3) is 0.0833. The van der Waals surface area contributed by atoms with Gasteiger partial charge in [-0.05, 0) is 66.9 Å². The van der Waals surface area contributed by atoms with Gasteiger partial charge in [0.15, 0.2) is 0 Å². The first-order valence-corrected chi connectivity index (χ1v) is 11.5. The predicted octanol–water partition coefficient (Wildman–Crippen LogP) is 5.60. The van der Waals surface area contributed by atoms with Crippen molar-refractivity contribution >= 4 is 63.6 Å². The molecule has 4 aromatic rings. The van der Waals surface area contributed by atoms with Crippen LogP contribution < -0.4 is 21.3 Å². The fourth-order valence-corrected chi connectivity index (χ4v) is 3.95. The van der Waals surface area contributed by atoms with E-state index >= 15 is 0 Å². The van der Waals surface area contributed by atoms with E-state index in [0.717, 1.165) is 11.3 Å². The van der Waals surface area contributed by atoms with Gasteiger partial charge in [-0.1, -0.05) is 11.6 Å². The summed E-state index contributed by atoms with van der Waals surface area (Å²) < 4.78 is 0. The number of nitrogens with zero attached hydrogens (tertiary/aromatic N) is 2. The molecule has 4 rings (SSSR count). The maximum atomic E-state index is 12.4. The zero-order chi connectivity index (χ0) is 24.1. The van der Waals surface area contributed by atoms with Crippen molar-refractivity contribution in [3.8, 4) is 0 Å². The number of halogens is 1. The van der Waals surface area contributed by atoms with E-state index < -0.39 is 0 Å². The van der Waals surface area contributed by atoms with Gasteiger partial charge in [0.2, 0.25) is 5.95 Å². The molecule has 0 radical (unpaired) electrons. The molecule has 0 bridgehead atoms. The molecule has 10 heteroatoms. The molecule has 8 nitrogen and oxygen atoms in total. The molecule has 0 aliphatic rings. The Kier molecular flexibility index (Phi) is 7.05. The Morgan fingerprint density at radius 1 is 0.912 bits per heavy atom. The lowest BCUT2D eigenvalue weighted by molar-refractivity contribution is 0.0966. The minimum absolute atomic E-state index is 0.161. The molecule has 2 aromatic carbocycles. The summed E-state index contributed by atoms with van der Waals surface area (Å²) in [5.74, 6) is 0.598. The maximum absolute atomic E-state index is 12.4. The molecule has 0 spiro atoms. The number of benzene rings is 2. The van der Waals surface area contributed by atoms with Crippen LogP contribution in [0.25, 0.3) is 0 Å². The molecule has 2 amide bonds. The quantitative estimate of drug-likeness (QED) is 0.267. The number of amides is 2. The zero-order valence-electron chi connectivity index (χ0n) is 18.3. The summed E-state index contributed by atoms with van der Waals surface area (Å²) in [5.41, 5.74) is 3.43. The number of carbonyl (C=O) groups is 2. The van der Waals surface area contributed by atoms with E-state index in [1.165, 1.54) is 11.3 Å². The summed E-state index contributed by atoms with van der Waals surface area (Å²) in [5, 5.41) is 14.3. The minimum atomic E-state index is -0.223. The Labute approximate surface area is 205 Å². The monoisotopic (exact) mass is 492 g/mol. The van der Waals surface area contributed by atoms with Crippen molar-refractivity contribution in [1.82, 2.24) is 15.3 Å². The molecule has 0 saturated heterocycles. The highest BCUT2D eigenvalue weighted by Gasteiger charge is 2.14. The van der Waals surface area contributed by atoms with Gasteiger partial charge in [-0.3, -0.25) is 9.59 Å². The maximum Gasteiger partial charge on any atom is 0.263 e. The Morgan fingerprint density at radius 2 is 1.62 bits per heavy atom. The third kappa shape index (κ3) is 5.51. The summed E-state index contributed by atoms with van der Waals surface area (Å²) in [7, 11) is 1.60. The van der Waals surface area contributed by atoms with Crippen molar-refractivity contribution in [1.29, 1.82) is 0 Å². The molecule has 0 saturated carbocycles. The van der Waals surface area contributed by atoms with Crippen LogP contribution in [0.3, 0.4) is 0 Å². The summed E-state index contributed by atoms with van der Waals surface area (Å²) in [6.07, 6.45) is 1.70. The molecule has 0 aliphatic carbocycles. The predicted molar refractivity (Wildman–Crippen MR) is 137 cm³/mol. The lowest BCUT2D eigenvalue weighted by Gasteiger charge is -2.12. The third-order valence-corrected chi connectivity index (χ3v) is 5.99. The van der Waals surface area contributed by atoms with Crippen LogP contribution in [0.15, 0.2) is 66.2 Å². The van der Waals surface area contributed by atoms with Gasteiger partial charge in [-0.2, -0.15) is 4.98 Å². The Hall–Kier alpha value is -3.95. The number of hydrogen-bond donors (Lipinski definition) is 4. The molecule has 0 unspecified atom stereocenters. The number of thiophene rings is 1. The smallest absolute Gasteiger partial charge is 0.263 e. The van der Waals surface area contributed by atoms with Gasteiger partial charge in [0, 0.05) is 40.8 Å². The molecule has 0 atom stereocenters. The van der Waals surface area contributed by atoms with E-state index in [4.69, 9.17) is 11.6 Å². The lowest BCUT2D eigenvalue weighted by atomic mass is 10.2. The van der Waals surface area contributed by atoms with Crippen molar-refractivity contribution in [3.63, 3.8) is 0 Å². The zero-order valence-corrected chi connectivity index (χ0v) is 19.9. The van der Waals surface area contributed by atoms with Crippen LogP contribution in [0.1, 0.15) is 25.6 Å². The van der Waals surface area contributed by atoms with Crippen LogP contribution in [-0.2, 0) is 0 Å². The molecular formula is C24H21ClN6O2S. The molecular weight excluding hydrogens is 472 g/mol. The van der Waals surface area contributed by atoms with Crippen molar-refractivity contribution in [2.45, 2.75) is 6.92 Å². The minimum Gasteiger partial charge on any atom is -0.354 e. The summed E-state index contributed by atoms with van der Waals surface area (Å²) >= 11 is 7.22. The van der Waals surface area contributed by atoms with Gasteiger partial charge in [0.05, 0.1) is 5.69 Å². The van der Waals surface area contributed by atoms with Crippen molar-refractivity contribution in [3.05, 3.63) is 87.2 Å². The Bertz CT molecular complexity index is 1320. The average molecular weight is 493 g/mol. The SMILES string of the molecule is CNC(=O)c1sccc1Nc1nc(Nc2ccc(NC(=O)c3ccc(Cl)cc3)cc2)ncc1C. The Morgan fingerprint density at radius 3 is 2.32 bits per heavy atom. The van der Waals surface area contributed by atoms with E-state index in [1.54, 1.807) is 49.6 Å². The number of rotatable bonds is 7. The van der Waals surface area contributed by atoms with E-state index in [2.05, 4.69) is 31.2 Å². The number of anilines is 5. The number of carbonyl (C=O) groups excluding carboxylic acids is 2. The van der Waals surface area contributed by atoms with Crippen LogP contribution >= 0.6 is 22.9 Å². The van der Waals surface area contributed by atoms with Crippen LogP contribution in [0.2, 0.25) is 5.02 Å².